The topological polar surface area (TPSA) is 42.1 Å². The first-order chi connectivity index (χ1) is 61.7. The van der Waals surface area contributed by atoms with Crippen LogP contribution < -0.4 is 9.80 Å². The largest absolute Gasteiger partial charge is 0.310 e. The van der Waals surface area contributed by atoms with E-state index in [1.807, 2.05) is 57.7 Å². The molecular formula is C115H72N6S4. The van der Waals surface area contributed by atoms with Crippen LogP contribution in [0.3, 0.4) is 0 Å². The van der Waals surface area contributed by atoms with E-state index in [0.29, 0.717) is 5.95 Å². The number of anilines is 6. The first kappa shape index (κ1) is 71.8. The predicted molar refractivity (Wildman–Crippen MR) is 536 cm³/mol. The Bertz CT molecular complexity index is 8510. The van der Waals surface area contributed by atoms with E-state index in [1.54, 1.807) is 0 Å². The van der Waals surface area contributed by atoms with Crippen LogP contribution in [0.2, 0.25) is 0 Å². The van der Waals surface area contributed by atoms with Crippen molar-refractivity contribution in [2.24, 2.45) is 0 Å². The molecule has 6 nitrogen and oxygen atoms in total. The Morgan fingerprint density at radius 2 is 0.544 bits per heavy atom. The SMILES string of the molecule is CC1(C)c2cc(N(c3ccc(-c4ccccc4)cc3)c3ccc(-c4cccc(-c5ccc6c(c5)sc5ccc7c(c56)c5c6c(ccc5n7-c5ncc(N(c7ccc(-c8ccccc8)cc7)c7ccc(-c8ccccc8)cc7)cn5)sc5ccccc56)c4)cc3)ccc2-c2ccc(-n3c4ccc5sc6ccccc6c5c4c4c5c(ccc43)sc3ccccc35)cc21. The molecule has 1 aliphatic carbocycles. The Balaban J connectivity index is 0.548. The molecule has 0 atom stereocenters. The van der Waals surface area contributed by atoms with Crippen LogP contribution in [0, 0.1) is 0 Å². The van der Waals surface area contributed by atoms with Crippen molar-refractivity contribution in [3.8, 4) is 78.4 Å². The summed E-state index contributed by atoms with van der Waals surface area (Å²) in [5.41, 5.74) is 28.4. The zero-order valence-electron chi connectivity index (χ0n) is 67.9. The van der Waals surface area contributed by atoms with Gasteiger partial charge in [-0.25, -0.2) is 9.97 Å². The second kappa shape index (κ2) is 28.1. The van der Waals surface area contributed by atoms with Gasteiger partial charge in [-0.2, -0.15) is 0 Å². The molecule has 18 aromatic carbocycles. The van der Waals surface area contributed by atoms with Gasteiger partial charge in [0.15, 0.2) is 0 Å². The fourth-order valence-electron chi connectivity index (χ4n) is 20.4. The molecule has 0 fully saturated rings. The predicted octanol–water partition coefficient (Wildman–Crippen LogP) is 33.7. The normalized spacial score (nSPS) is 12.6. The van der Waals surface area contributed by atoms with Gasteiger partial charge in [0, 0.05) is 142 Å². The minimum atomic E-state index is -0.337. The number of thiophene rings is 4. The minimum absolute atomic E-state index is 0.337. The highest BCUT2D eigenvalue weighted by Crippen LogP contribution is 2.56. The summed E-state index contributed by atoms with van der Waals surface area (Å²) in [7, 11) is 0. The third-order valence-electron chi connectivity index (χ3n) is 26.2. The Morgan fingerprint density at radius 3 is 0.984 bits per heavy atom. The first-order valence-corrected chi connectivity index (χ1v) is 45.8. The average Bonchev–Trinajstić information content (AvgIpc) is 1.54. The van der Waals surface area contributed by atoms with E-state index in [4.69, 9.17) is 9.97 Å². The molecule has 25 aromatic rings. The molecule has 26 rings (SSSR count). The van der Waals surface area contributed by atoms with E-state index in [2.05, 4.69) is 421 Å². The average molecular weight is 1670 g/mol. The zero-order chi connectivity index (χ0) is 82.3. The zero-order valence-corrected chi connectivity index (χ0v) is 71.2. The second-order valence-electron chi connectivity index (χ2n) is 33.5. The Morgan fingerprint density at radius 1 is 0.224 bits per heavy atom. The van der Waals surface area contributed by atoms with Crippen molar-refractivity contribution in [3.63, 3.8) is 0 Å². The maximum Gasteiger partial charge on any atom is 0.234 e. The van der Waals surface area contributed by atoms with Crippen molar-refractivity contribution in [2.75, 3.05) is 9.80 Å². The number of nitrogens with zero attached hydrogens (tertiary/aromatic N) is 6. The molecule has 125 heavy (non-hydrogen) atoms. The summed E-state index contributed by atoms with van der Waals surface area (Å²) in [4.78, 5) is 15.4. The van der Waals surface area contributed by atoms with Gasteiger partial charge in [-0.1, -0.05) is 250 Å². The molecule has 7 aromatic heterocycles. The highest BCUT2D eigenvalue weighted by Gasteiger charge is 2.38. The van der Waals surface area contributed by atoms with Crippen LogP contribution in [0.5, 0.6) is 0 Å². The lowest BCUT2D eigenvalue weighted by Gasteiger charge is -2.28. The number of hydrogen-bond acceptors (Lipinski definition) is 8. The third kappa shape index (κ3) is 11.3. The molecule has 1 aliphatic rings. The van der Waals surface area contributed by atoms with E-state index in [0.717, 1.165) is 73.0 Å². The van der Waals surface area contributed by atoms with Crippen molar-refractivity contribution in [1.82, 2.24) is 19.1 Å². The molecular weight excluding hydrogens is 1590 g/mol. The molecule has 0 aliphatic heterocycles. The summed E-state index contributed by atoms with van der Waals surface area (Å²) in [6.45, 7) is 4.85. The lowest BCUT2D eigenvalue weighted by Crippen LogP contribution is -2.17. The molecule has 7 heterocycles. The maximum atomic E-state index is 5.38. The number of rotatable bonds is 13. The van der Waals surface area contributed by atoms with Crippen LogP contribution in [0.25, 0.3) is 203 Å². The monoisotopic (exact) mass is 1660 g/mol. The summed E-state index contributed by atoms with van der Waals surface area (Å²) >= 11 is 7.52. The van der Waals surface area contributed by atoms with E-state index >= 15 is 0 Å². The molecule has 0 spiro atoms. The van der Waals surface area contributed by atoms with Gasteiger partial charge in [0.1, 0.15) is 0 Å². The van der Waals surface area contributed by atoms with Crippen LogP contribution in [0.1, 0.15) is 25.0 Å². The van der Waals surface area contributed by atoms with Gasteiger partial charge < -0.3 is 14.4 Å². The van der Waals surface area contributed by atoms with Gasteiger partial charge >= 0.3 is 0 Å². The number of fused-ring (bicyclic) bond motifs is 25. The molecule has 586 valence electrons. The standard InChI is InChI=1S/C115H72N6S4/c1-115(2)92-65-83(50-53-86(92)87-54-51-84(66-93(87)115)120-94-55-59-101-106(88-27-12-15-30-98(88)122-101)110(94)111-95(120)56-60-102-107(111)89-28-13-16-31-99(89)123-102)118(79-42-33-72(34-43-79)69-19-6-3-7-20-69)80-48-39-75(40-49-80)76-25-18-26-77(63-76)78-41-52-91-105(64-78)125-104-62-58-97-113(109(91)104)112-96(57-61-103-108(112)90-29-14-17-32-100(90)124-103)121(97)114-116-67-85(68-117-114)119(81-44-35-73(36-45-81)70-21-8-4-9-22-70)82-46-37-74(38-47-82)71-23-10-5-11-24-71/h3-68H,1-2H3. The second-order valence-corrected chi connectivity index (χ2v) is 37.8. The van der Waals surface area contributed by atoms with Crippen LogP contribution in [-0.2, 0) is 5.41 Å². The summed E-state index contributed by atoms with van der Waals surface area (Å²) in [6, 6.07) is 144. The molecule has 0 saturated heterocycles. The molecule has 10 heteroatoms. The summed E-state index contributed by atoms with van der Waals surface area (Å²) in [6.07, 6.45) is 3.97. The summed E-state index contributed by atoms with van der Waals surface area (Å²) in [5.74, 6) is 0.609. The molecule has 0 radical (unpaired) electrons. The van der Waals surface area contributed by atoms with Crippen molar-refractivity contribution in [2.45, 2.75) is 19.3 Å². The van der Waals surface area contributed by atoms with Gasteiger partial charge in [0.05, 0.1) is 40.1 Å². The Labute approximate surface area is 736 Å². The van der Waals surface area contributed by atoms with E-state index in [-0.39, 0.29) is 5.41 Å². The Kier molecular flexibility index (Phi) is 16.1. The van der Waals surface area contributed by atoms with E-state index < -0.39 is 0 Å². The van der Waals surface area contributed by atoms with Crippen molar-refractivity contribution in [3.05, 3.63) is 412 Å². The lowest BCUT2D eigenvalue weighted by molar-refractivity contribution is 0.660. The number of aromatic nitrogens is 4. The highest BCUT2D eigenvalue weighted by molar-refractivity contribution is 7.27. The molecule has 0 saturated carbocycles. The first-order valence-electron chi connectivity index (χ1n) is 42.5. The molecule has 0 amide bonds. The van der Waals surface area contributed by atoms with Crippen molar-refractivity contribution < 1.29 is 0 Å². The van der Waals surface area contributed by atoms with Crippen LogP contribution >= 0.6 is 45.3 Å². The van der Waals surface area contributed by atoms with Gasteiger partial charge in [0.2, 0.25) is 5.95 Å². The fourth-order valence-corrected chi connectivity index (χ4v) is 24.9. The van der Waals surface area contributed by atoms with Crippen molar-refractivity contribution >= 4 is 204 Å². The quantitative estimate of drug-likeness (QED) is 0.115. The maximum absolute atomic E-state index is 5.38. The fraction of sp³-hybridized carbons (Fsp3) is 0.0261. The van der Waals surface area contributed by atoms with Crippen LogP contribution in [0.4, 0.5) is 34.1 Å². The van der Waals surface area contributed by atoms with Crippen LogP contribution in [-0.4, -0.2) is 19.1 Å². The summed E-state index contributed by atoms with van der Waals surface area (Å²) in [5, 5.41) is 15.4. The van der Waals surface area contributed by atoms with E-state index in [9.17, 15) is 0 Å². The minimum Gasteiger partial charge on any atom is -0.310 e. The Hall–Kier alpha value is -14.9. The lowest BCUT2D eigenvalue weighted by atomic mass is 9.82. The summed E-state index contributed by atoms with van der Waals surface area (Å²) < 4.78 is 15.1. The number of benzene rings is 18. The molecule has 0 unspecified atom stereocenters. The molecule has 0 N–H and O–H groups in total. The smallest absolute Gasteiger partial charge is 0.234 e. The number of hydrogen-bond donors (Lipinski definition) is 0. The van der Waals surface area contributed by atoms with Gasteiger partial charge in [-0.15, -0.1) is 45.3 Å². The van der Waals surface area contributed by atoms with Crippen LogP contribution in [0.15, 0.2) is 401 Å². The van der Waals surface area contributed by atoms with Gasteiger partial charge in [0.25, 0.3) is 0 Å². The van der Waals surface area contributed by atoms with E-state index in [1.165, 1.54) is 169 Å². The molecule has 0 bridgehead atoms. The van der Waals surface area contributed by atoms with Crippen molar-refractivity contribution in [1.29, 1.82) is 0 Å². The van der Waals surface area contributed by atoms with Gasteiger partial charge in [-0.3, -0.25) is 4.57 Å². The third-order valence-corrected chi connectivity index (χ3v) is 30.8. The highest BCUT2D eigenvalue weighted by atomic mass is 32.1. The van der Waals surface area contributed by atoms with Gasteiger partial charge in [-0.05, 0) is 230 Å².